The van der Waals surface area contributed by atoms with Gasteiger partial charge >= 0.3 is 0 Å². The molecular weight excluding hydrogens is 252 g/mol. The average molecular weight is 270 g/mol. The van der Waals surface area contributed by atoms with Crippen molar-refractivity contribution in [3.05, 3.63) is 54.4 Å². The van der Waals surface area contributed by atoms with Crippen molar-refractivity contribution in [1.82, 2.24) is 19.9 Å². The van der Waals surface area contributed by atoms with Crippen LogP contribution in [0.2, 0.25) is 0 Å². The number of nitrogens with zero attached hydrogens (tertiary/aromatic N) is 3. The van der Waals surface area contributed by atoms with E-state index in [0.717, 1.165) is 36.6 Å². The molecule has 0 spiro atoms. The second-order valence-electron chi connectivity index (χ2n) is 4.93. The molecule has 0 fully saturated rings. The molecule has 5 heteroatoms. The van der Waals surface area contributed by atoms with Gasteiger partial charge in [-0.1, -0.05) is 6.07 Å². The summed E-state index contributed by atoms with van der Waals surface area (Å²) in [5.74, 6) is 2.00. The number of hydrogen-bond acceptors (Lipinski definition) is 4. The van der Waals surface area contributed by atoms with E-state index in [1.807, 2.05) is 40.9 Å². The largest absolute Gasteiger partial charge is 0.469 e. The molecule has 3 heterocycles. The lowest BCUT2D eigenvalue weighted by molar-refractivity contribution is 0.457. The monoisotopic (exact) mass is 270 g/mol. The zero-order valence-electron chi connectivity index (χ0n) is 11.5. The maximum atomic E-state index is 5.35. The molecule has 1 unspecified atom stereocenters. The molecule has 20 heavy (non-hydrogen) atoms. The van der Waals surface area contributed by atoms with Crippen molar-refractivity contribution in [3.8, 4) is 0 Å². The molecule has 0 aromatic carbocycles. The Morgan fingerprint density at radius 1 is 1.25 bits per heavy atom. The molecule has 0 bridgehead atoms. The molecule has 1 atom stereocenters. The minimum Gasteiger partial charge on any atom is -0.469 e. The highest BCUT2D eigenvalue weighted by Gasteiger charge is 2.07. The first-order valence-electron chi connectivity index (χ1n) is 6.87. The molecule has 0 aliphatic rings. The van der Waals surface area contributed by atoms with E-state index in [-0.39, 0.29) is 0 Å². The summed E-state index contributed by atoms with van der Waals surface area (Å²) in [7, 11) is 0. The molecule has 104 valence electrons. The average Bonchev–Trinajstić information content (AvgIpc) is 3.09. The molecule has 5 nitrogen and oxygen atoms in total. The van der Waals surface area contributed by atoms with Crippen LogP contribution < -0.4 is 5.32 Å². The topological polar surface area (TPSA) is 55.4 Å². The Morgan fingerprint density at radius 3 is 3.05 bits per heavy atom. The maximum absolute atomic E-state index is 5.35. The van der Waals surface area contributed by atoms with E-state index < -0.39 is 0 Å². The quantitative estimate of drug-likeness (QED) is 0.745. The first-order chi connectivity index (χ1) is 9.83. The maximum Gasteiger partial charge on any atom is 0.160 e. The molecule has 0 saturated carbocycles. The number of pyridine rings is 1. The molecule has 1 N–H and O–H groups in total. The SMILES string of the molecule is CC(Cc1ccco1)NCCc1nnc2ccccn12. The Labute approximate surface area is 117 Å². The highest BCUT2D eigenvalue weighted by atomic mass is 16.3. The van der Waals surface area contributed by atoms with E-state index in [2.05, 4.69) is 22.4 Å². The number of aromatic nitrogens is 3. The van der Waals surface area contributed by atoms with Crippen LogP contribution in [0, 0.1) is 0 Å². The van der Waals surface area contributed by atoms with Gasteiger partial charge in [0, 0.05) is 31.6 Å². The lowest BCUT2D eigenvalue weighted by Gasteiger charge is -2.11. The van der Waals surface area contributed by atoms with Gasteiger partial charge in [-0.2, -0.15) is 0 Å². The molecular formula is C15H18N4O. The zero-order chi connectivity index (χ0) is 13.8. The van der Waals surface area contributed by atoms with Crippen LogP contribution in [0.1, 0.15) is 18.5 Å². The van der Waals surface area contributed by atoms with Crippen LogP contribution in [0.15, 0.2) is 47.2 Å². The van der Waals surface area contributed by atoms with E-state index in [9.17, 15) is 0 Å². The normalized spacial score (nSPS) is 12.8. The molecule has 3 rings (SSSR count). The first-order valence-corrected chi connectivity index (χ1v) is 6.87. The van der Waals surface area contributed by atoms with Crippen LogP contribution in [0.25, 0.3) is 5.65 Å². The van der Waals surface area contributed by atoms with Crippen molar-refractivity contribution in [2.45, 2.75) is 25.8 Å². The van der Waals surface area contributed by atoms with Gasteiger partial charge in [-0.3, -0.25) is 4.40 Å². The van der Waals surface area contributed by atoms with Gasteiger partial charge in [0.15, 0.2) is 5.65 Å². The van der Waals surface area contributed by atoms with Crippen molar-refractivity contribution in [3.63, 3.8) is 0 Å². The number of fused-ring (bicyclic) bond motifs is 1. The summed E-state index contributed by atoms with van der Waals surface area (Å²) < 4.78 is 7.37. The summed E-state index contributed by atoms with van der Waals surface area (Å²) in [6, 6.07) is 10.2. The fourth-order valence-electron chi connectivity index (χ4n) is 2.29. The Bertz CT molecular complexity index is 659. The van der Waals surface area contributed by atoms with Crippen molar-refractivity contribution >= 4 is 5.65 Å². The van der Waals surface area contributed by atoms with Crippen molar-refractivity contribution in [2.75, 3.05) is 6.54 Å². The van der Waals surface area contributed by atoms with Gasteiger partial charge in [0.1, 0.15) is 11.6 Å². The van der Waals surface area contributed by atoms with E-state index in [1.165, 1.54) is 0 Å². The summed E-state index contributed by atoms with van der Waals surface area (Å²) >= 11 is 0. The molecule has 3 aromatic heterocycles. The molecule has 0 aliphatic carbocycles. The second-order valence-corrected chi connectivity index (χ2v) is 4.93. The van der Waals surface area contributed by atoms with Crippen molar-refractivity contribution < 1.29 is 4.42 Å². The summed E-state index contributed by atoms with van der Waals surface area (Å²) in [5.41, 5.74) is 0.895. The summed E-state index contributed by atoms with van der Waals surface area (Å²) in [6.07, 6.45) is 5.46. The zero-order valence-corrected chi connectivity index (χ0v) is 11.5. The minimum atomic E-state index is 0.375. The first kappa shape index (κ1) is 12.9. The lowest BCUT2D eigenvalue weighted by Crippen LogP contribution is -2.30. The smallest absolute Gasteiger partial charge is 0.160 e. The van der Waals surface area contributed by atoms with Crippen LogP contribution in [0.5, 0.6) is 0 Å². The van der Waals surface area contributed by atoms with Crippen LogP contribution in [0.3, 0.4) is 0 Å². The number of nitrogens with one attached hydrogen (secondary N) is 1. The van der Waals surface area contributed by atoms with Gasteiger partial charge in [0.05, 0.1) is 6.26 Å². The van der Waals surface area contributed by atoms with Gasteiger partial charge in [0.2, 0.25) is 0 Å². The molecule has 0 saturated heterocycles. The minimum absolute atomic E-state index is 0.375. The van der Waals surface area contributed by atoms with E-state index in [1.54, 1.807) is 6.26 Å². The Kier molecular flexibility index (Phi) is 3.78. The fourth-order valence-corrected chi connectivity index (χ4v) is 2.29. The van der Waals surface area contributed by atoms with Crippen molar-refractivity contribution in [2.24, 2.45) is 0 Å². The van der Waals surface area contributed by atoms with Crippen LogP contribution in [-0.4, -0.2) is 27.2 Å². The third-order valence-corrected chi connectivity index (χ3v) is 3.31. The van der Waals surface area contributed by atoms with Crippen LogP contribution in [0.4, 0.5) is 0 Å². The van der Waals surface area contributed by atoms with Gasteiger partial charge in [0.25, 0.3) is 0 Å². The van der Waals surface area contributed by atoms with Gasteiger partial charge in [-0.05, 0) is 31.2 Å². The predicted octanol–water partition coefficient (Wildman–Crippen LogP) is 2.09. The van der Waals surface area contributed by atoms with E-state index in [4.69, 9.17) is 4.42 Å². The van der Waals surface area contributed by atoms with E-state index >= 15 is 0 Å². The number of hydrogen-bond donors (Lipinski definition) is 1. The second kappa shape index (κ2) is 5.88. The molecule has 0 radical (unpaired) electrons. The Morgan fingerprint density at radius 2 is 2.20 bits per heavy atom. The standard InChI is InChI=1S/C15H18N4O/c1-12(11-13-5-4-10-20-13)16-8-7-15-18-17-14-6-2-3-9-19(14)15/h2-6,9-10,12,16H,7-8,11H2,1H3. The molecule has 0 amide bonds. The van der Waals surface area contributed by atoms with Gasteiger partial charge < -0.3 is 9.73 Å². The van der Waals surface area contributed by atoms with Crippen LogP contribution >= 0.6 is 0 Å². The summed E-state index contributed by atoms with van der Waals surface area (Å²) in [5, 5.41) is 11.9. The van der Waals surface area contributed by atoms with Crippen LogP contribution in [-0.2, 0) is 12.8 Å². The summed E-state index contributed by atoms with van der Waals surface area (Å²) in [6.45, 7) is 3.03. The number of rotatable bonds is 6. The highest BCUT2D eigenvalue weighted by Crippen LogP contribution is 2.05. The Hall–Kier alpha value is -2.14. The summed E-state index contributed by atoms with van der Waals surface area (Å²) in [4.78, 5) is 0. The van der Waals surface area contributed by atoms with E-state index in [0.29, 0.717) is 6.04 Å². The Balaban J connectivity index is 1.52. The van der Waals surface area contributed by atoms with Crippen molar-refractivity contribution in [1.29, 1.82) is 0 Å². The number of furan rings is 1. The molecule has 3 aromatic rings. The lowest BCUT2D eigenvalue weighted by atomic mass is 10.2. The third-order valence-electron chi connectivity index (χ3n) is 3.31. The highest BCUT2D eigenvalue weighted by molar-refractivity contribution is 5.36. The van der Waals surface area contributed by atoms with Gasteiger partial charge in [-0.25, -0.2) is 0 Å². The van der Waals surface area contributed by atoms with Gasteiger partial charge in [-0.15, -0.1) is 10.2 Å². The fraction of sp³-hybridized carbons (Fsp3) is 0.333. The molecule has 0 aliphatic heterocycles. The predicted molar refractivity (Wildman–Crippen MR) is 76.6 cm³/mol. The third kappa shape index (κ3) is 2.88.